The van der Waals surface area contributed by atoms with E-state index in [0.717, 1.165) is 16.9 Å². The van der Waals surface area contributed by atoms with Crippen LogP contribution in [0.5, 0.6) is 11.5 Å². The van der Waals surface area contributed by atoms with Gasteiger partial charge in [-0.1, -0.05) is 54.6 Å². The lowest BCUT2D eigenvalue weighted by atomic mass is 10.2. The summed E-state index contributed by atoms with van der Waals surface area (Å²) >= 11 is 0. The molecule has 1 heterocycles. The Bertz CT molecular complexity index is 1100. The average Bonchev–Trinajstić information content (AvgIpc) is 2.84. The fourth-order valence-electron chi connectivity index (χ4n) is 3.08. The van der Waals surface area contributed by atoms with Gasteiger partial charge >= 0.3 is 0 Å². The number of anilines is 5. The number of nitrogens with zero attached hydrogens (tertiary/aromatic N) is 3. The summed E-state index contributed by atoms with van der Waals surface area (Å²) in [5.41, 5.74) is 2.61. The van der Waals surface area contributed by atoms with Crippen molar-refractivity contribution in [2.75, 3.05) is 30.2 Å². The van der Waals surface area contributed by atoms with Crippen molar-refractivity contribution in [3.63, 3.8) is 0 Å². The highest BCUT2D eigenvalue weighted by atomic mass is 16.5. The van der Waals surface area contributed by atoms with Crippen molar-refractivity contribution >= 4 is 29.2 Å². The van der Waals surface area contributed by atoms with Crippen molar-refractivity contribution in [1.82, 2.24) is 15.0 Å². The summed E-state index contributed by atoms with van der Waals surface area (Å²) in [6.07, 6.45) is 0. The summed E-state index contributed by atoms with van der Waals surface area (Å²) in [6, 6.07) is 25.2. The molecule has 4 aromatic rings. The Labute approximate surface area is 186 Å². The lowest BCUT2D eigenvalue weighted by molar-refractivity contribution is 0.417. The van der Waals surface area contributed by atoms with Crippen molar-refractivity contribution in [3.8, 4) is 11.5 Å². The minimum absolute atomic E-state index is 0.373. The predicted octanol–water partition coefficient (Wildman–Crippen LogP) is 4.99. The minimum atomic E-state index is 0.373. The number of para-hydroxylation sites is 4. The summed E-state index contributed by atoms with van der Waals surface area (Å²) in [6.45, 7) is 0.576. The van der Waals surface area contributed by atoms with Gasteiger partial charge in [0.1, 0.15) is 11.5 Å². The number of hydrogen-bond acceptors (Lipinski definition) is 8. The molecule has 0 saturated carbocycles. The highest BCUT2D eigenvalue weighted by molar-refractivity contribution is 5.66. The molecular formula is C24H24N6O2. The number of hydrogen-bond donors (Lipinski definition) is 3. The number of aromatic nitrogens is 3. The molecule has 0 atom stereocenters. The van der Waals surface area contributed by atoms with Crippen LogP contribution >= 0.6 is 0 Å². The zero-order valence-electron chi connectivity index (χ0n) is 17.9. The number of methoxy groups -OCH3 is 2. The Hall–Kier alpha value is -4.33. The summed E-state index contributed by atoms with van der Waals surface area (Å²) < 4.78 is 10.9. The normalized spacial score (nSPS) is 10.3. The SMILES string of the molecule is COc1ccccc1Nc1nc(NCc2ccccc2)nc(Nc2ccccc2OC)n1. The van der Waals surface area contributed by atoms with Gasteiger partial charge in [0.05, 0.1) is 25.6 Å². The van der Waals surface area contributed by atoms with Crippen molar-refractivity contribution in [2.45, 2.75) is 6.54 Å². The van der Waals surface area contributed by atoms with E-state index in [1.54, 1.807) is 14.2 Å². The molecule has 0 aliphatic rings. The third-order valence-corrected chi connectivity index (χ3v) is 4.64. The third kappa shape index (κ3) is 5.23. The topological polar surface area (TPSA) is 93.2 Å². The van der Waals surface area contributed by atoms with Gasteiger partial charge in [-0.05, 0) is 29.8 Å². The molecule has 0 spiro atoms. The summed E-state index contributed by atoms with van der Waals surface area (Å²) in [5, 5.41) is 9.70. The van der Waals surface area contributed by atoms with Crippen LogP contribution in [0.15, 0.2) is 78.9 Å². The van der Waals surface area contributed by atoms with Crippen LogP contribution in [0.3, 0.4) is 0 Å². The average molecular weight is 428 g/mol. The second kappa shape index (κ2) is 10.1. The first-order chi connectivity index (χ1) is 15.7. The fraction of sp³-hybridized carbons (Fsp3) is 0.125. The van der Waals surface area contributed by atoms with E-state index in [9.17, 15) is 0 Å². The Balaban J connectivity index is 1.64. The molecule has 8 heteroatoms. The maximum Gasteiger partial charge on any atom is 0.233 e. The molecular weight excluding hydrogens is 404 g/mol. The smallest absolute Gasteiger partial charge is 0.233 e. The van der Waals surface area contributed by atoms with Gasteiger partial charge in [-0.15, -0.1) is 0 Å². The molecule has 0 saturated heterocycles. The zero-order chi connectivity index (χ0) is 22.2. The maximum atomic E-state index is 5.43. The zero-order valence-corrected chi connectivity index (χ0v) is 17.9. The molecule has 0 aliphatic heterocycles. The van der Waals surface area contributed by atoms with Crippen LogP contribution in [0.1, 0.15) is 5.56 Å². The molecule has 8 nitrogen and oxygen atoms in total. The summed E-state index contributed by atoms with van der Waals surface area (Å²) in [4.78, 5) is 13.6. The first kappa shape index (κ1) is 20.9. The van der Waals surface area contributed by atoms with Gasteiger partial charge in [-0.3, -0.25) is 0 Å². The van der Waals surface area contributed by atoms with Crippen molar-refractivity contribution in [3.05, 3.63) is 84.4 Å². The van der Waals surface area contributed by atoms with Crippen molar-refractivity contribution in [1.29, 1.82) is 0 Å². The minimum Gasteiger partial charge on any atom is -0.495 e. The molecule has 0 unspecified atom stereocenters. The molecule has 32 heavy (non-hydrogen) atoms. The van der Waals surface area contributed by atoms with Crippen LogP contribution in [-0.2, 0) is 6.54 Å². The van der Waals surface area contributed by atoms with Crippen LogP contribution in [0.2, 0.25) is 0 Å². The molecule has 0 amide bonds. The Morgan fingerprint density at radius 2 is 1.06 bits per heavy atom. The molecule has 3 aromatic carbocycles. The molecule has 0 bridgehead atoms. The van der Waals surface area contributed by atoms with Gasteiger partial charge in [0.25, 0.3) is 0 Å². The van der Waals surface area contributed by atoms with E-state index >= 15 is 0 Å². The monoisotopic (exact) mass is 428 g/mol. The fourth-order valence-corrected chi connectivity index (χ4v) is 3.08. The molecule has 4 rings (SSSR count). The Morgan fingerprint density at radius 1 is 0.594 bits per heavy atom. The van der Waals surface area contributed by atoms with E-state index in [-0.39, 0.29) is 0 Å². The van der Waals surface area contributed by atoms with Crippen molar-refractivity contribution < 1.29 is 9.47 Å². The van der Waals surface area contributed by atoms with E-state index in [0.29, 0.717) is 35.9 Å². The van der Waals surface area contributed by atoms with Gasteiger partial charge < -0.3 is 25.4 Å². The van der Waals surface area contributed by atoms with E-state index in [1.165, 1.54) is 0 Å². The van der Waals surface area contributed by atoms with Crippen molar-refractivity contribution in [2.24, 2.45) is 0 Å². The number of benzene rings is 3. The lowest BCUT2D eigenvalue weighted by Gasteiger charge is -2.14. The standard InChI is InChI=1S/C24H24N6O2/c1-31-20-14-8-6-12-18(20)26-23-28-22(25-16-17-10-4-3-5-11-17)29-24(30-23)27-19-13-7-9-15-21(19)32-2/h3-15H,16H2,1-2H3,(H3,25,26,27,28,29,30). The van der Waals surface area contributed by atoms with Crippen LogP contribution in [-0.4, -0.2) is 29.2 Å². The first-order valence-electron chi connectivity index (χ1n) is 10.1. The number of rotatable bonds is 9. The molecule has 0 radical (unpaired) electrons. The lowest BCUT2D eigenvalue weighted by Crippen LogP contribution is -2.10. The van der Waals surface area contributed by atoms with Gasteiger partial charge in [0, 0.05) is 6.54 Å². The first-order valence-corrected chi connectivity index (χ1v) is 10.1. The molecule has 0 aliphatic carbocycles. The highest BCUT2D eigenvalue weighted by Crippen LogP contribution is 2.28. The van der Waals surface area contributed by atoms with E-state index in [1.807, 2.05) is 78.9 Å². The van der Waals surface area contributed by atoms with Gasteiger partial charge in [-0.2, -0.15) is 15.0 Å². The summed E-state index contributed by atoms with van der Waals surface area (Å²) in [5.74, 6) is 2.55. The van der Waals surface area contributed by atoms with Crippen LogP contribution in [0.4, 0.5) is 29.2 Å². The Morgan fingerprint density at radius 3 is 1.59 bits per heavy atom. The molecule has 0 fully saturated rings. The number of nitrogens with one attached hydrogen (secondary N) is 3. The molecule has 162 valence electrons. The molecule has 3 N–H and O–H groups in total. The Kier molecular flexibility index (Phi) is 6.62. The largest absolute Gasteiger partial charge is 0.495 e. The van der Waals surface area contributed by atoms with E-state index in [4.69, 9.17) is 9.47 Å². The van der Waals surface area contributed by atoms with E-state index < -0.39 is 0 Å². The predicted molar refractivity (Wildman–Crippen MR) is 126 cm³/mol. The van der Waals surface area contributed by atoms with Gasteiger partial charge in [-0.25, -0.2) is 0 Å². The second-order valence-corrected chi connectivity index (χ2v) is 6.80. The van der Waals surface area contributed by atoms with Crippen LogP contribution < -0.4 is 25.4 Å². The van der Waals surface area contributed by atoms with Gasteiger partial charge in [0.2, 0.25) is 17.8 Å². The highest BCUT2D eigenvalue weighted by Gasteiger charge is 2.11. The van der Waals surface area contributed by atoms with E-state index in [2.05, 4.69) is 30.9 Å². The third-order valence-electron chi connectivity index (χ3n) is 4.64. The van der Waals surface area contributed by atoms with Crippen LogP contribution in [0, 0.1) is 0 Å². The van der Waals surface area contributed by atoms with Gasteiger partial charge in [0.15, 0.2) is 0 Å². The second-order valence-electron chi connectivity index (χ2n) is 6.80. The summed E-state index contributed by atoms with van der Waals surface area (Å²) in [7, 11) is 3.24. The molecule has 1 aromatic heterocycles. The maximum absolute atomic E-state index is 5.43. The number of ether oxygens (including phenoxy) is 2. The van der Waals surface area contributed by atoms with Crippen LogP contribution in [0.25, 0.3) is 0 Å². The quantitative estimate of drug-likeness (QED) is 0.343.